The number of nitrogens with two attached hydrogens (primary N) is 1. The highest BCUT2D eigenvalue weighted by Crippen LogP contribution is 2.21. The molecule has 0 spiro atoms. The minimum atomic E-state index is 0.311. The number of rotatable bonds is 4. The van der Waals surface area contributed by atoms with E-state index < -0.39 is 0 Å². The summed E-state index contributed by atoms with van der Waals surface area (Å²) in [5.41, 5.74) is 6.01. The van der Waals surface area contributed by atoms with Crippen LogP contribution in [-0.4, -0.2) is 6.04 Å². The van der Waals surface area contributed by atoms with Crippen molar-refractivity contribution in [2.45, 2.75) is 32.7 Å². The molecular weight excluding hydrogens is 246 g/mol. The Bertz CT molecular complexity index is 257. The summed E-state index contributed by atoms with van der Waals surface area (Å²) < 4.78 is 1.17. The van der Waals surface area contributed by atoms with Gasteiger partial charge < -0.3 is 5.73 Å². The summed E-state index contributed by atoms with van der Waals surface area (Å²) in [5, 5.41) is 2.11. The highest BCUT2D eigenvalue weighted by atomic mass is 79.9. The number of hydrogen-bond donors (Lipinski definition) is 1. The molecule has 1 atom stereocenters. The lowest BCUT2D eigenvalue weighted by Crippen LogP contribution is -2.24. The Morgan fingerprint density at radius 1 is 1.54 bits per heavy atom. The monoisotopic (exact) mass is 261 g/mol. The van der Waals surface area contributed by atoms with Gasteiger partial charge in [-0.15, -0.1) is 11.3 Å². The minimum Gasteiger partial charge on any atom is -0.327 e. The van der Waals surface area contributed by atoms with Gasteiger partial charge >= 0.3 is 0 Å². The van der Waals surface area contributed by atoms with Crippen LogP contribution in [0.25, 0.3) is 0 Å². The third-order valence-electron chi connectivity index (χ3n) is 1.86. The largest absolute Gasteiger partial charge is 0.327 e. The van der Waals surface area contributed by atoms with Crippen molar-refractivity contribution >= 4 is 27.3 Å². The lowest BCUT2D eigenvalue weighted by molar-refractivity contribution is 0.495. The summed E-state index contributed by atoms with van der Waals surface area (Å²) in [6.45, 7) is 4.42. The van der Waals surface area contributed by atoms with Gasteiger partial charge in [0.1, 0.15) is 0 Å². The molecule has 0 aliphatic rings. The Morgan fingerprint density at radius 3 is 2.69 bits per heavy atom. The molecule has 0 amide bonds. The molecule has 1 aromatic heterocycles. The van der Waals surface area contributed by atoms with Crippen molar-refractivity contribution < 1.29 is 0 Å². The first-order valence-corrected chi connectivity index (χ1v) is 6.23. The second-order valence-corrected chi connectivity index (χ2v) is 5.74. The van der Waals surface area contributed by atoms with Crippen LogP contribution in [0.3, 0.4) is 0 Å². The summed E-state index contributed by atoms with van der Waals surface area (Å²) in [5.74, 6) is 0.693. The van der Waals surface area contributed by atoms with Gasteiger partial charge in [0.15, 0.2) is 0 Å². The maximum Gasteiger partial charge on any atom is 0.0285 e. The van der Waals surface area contributed by atoms with Gasteiger partial charge in [0.2, 0.25) is 0 Å². The van der Waals surface area contributed by atoms with Crippen molar-refractivity contribution in [1.82, 2.24) is 0 Å². The summed E-state index contributed by atoms with van der Waals surface area (Å²) in [6.07, 6.45) is 2.12. The van der Waals surface area contributed by atoms with E-state index in [1.165, 1.54) is 9.35 Å². The van der Waals surface area contributed by atoms with Gasteiger partial charge in [-0.1, -0.05) is 13.8 Å². The molecule has 3 heteroatoms. The first kappa shape index (κ1) is 11.2. The molecular formula is C10H16BrNS. The summed E-state index contributed by atoms with van der Waals surface area (Å²) in [6, 6.07) is 2.47. The third kappa shape index (κ3) is 4.25. The first-order valence-electron chi connectivity index (χ1n) is 4.56. The summed E-state index contributed by atoms with van der Waals surface area (Å²) in [7, 11) is 0. The summed E-state index contributed by atoms with van der Waals surface area (Å²) >= 11 is 5.22. The van der Waals surface area contributed by atoms with E-state index in [9.17, 15) is 0 Å². The van der Waals surface area contributed by atoms with E-state index in [1.54, 1.807) is 11.3 Å². The highest BCUT2D eigenvalue weighted by molar-refractivity contribution is 9.10. The van der Waals surface area contributed by atoms with Gasteiger partial charge in [-0.3, -0.25) is 0 Å². The van der Waals surface area contributed by atoms with E-state index in [1.807, 2.05) is 0 Å². The molecule has 2 N–H and O–H groups in total. The Hall–Kier alpha value is 0.140. The van der Waals surface area contributed by atoms with E-state index in [0.29, 0.717) is 12.0 Å². The topological polar surface area (TPSA) is 26.0 Å². The van der Waals surface area contributed by atoms with Crippen molar-refractivity contribution in [2.75, 3.05) is 0 Å². The molecule has 1 nitrogen and oxygen atoms in total. The fourth-order valence-corrected chi connectivity index (χ4v) is 2.95. The van der Waals surface area contributed by atoms with Gasteiger partial charge in [-0.25, -0.2) is 0 Å². The molecule has 1 aromatic rings. The standard InChI is InChI=1S/C10H16BrNS/c1-7(2)3-9(12)5-10-4-8(11)6-13-10/h4,6-7,9H,3,5,12H2,1-2H3. The Labute approximate surface area is 92.5 Å². The molecule has 1 unspecified atom stereocenters. The van der Waals surface area contributed by atoms with E-state index >= 15 is 0 Å². The van der Waals surface area contributed by atoms with E-state index in [2.05, 4.69) is 41.2 Å². The fourth-order valence-electron chi connectivity index (χ4n) is 1.41. The van der Waals surface area contributed by atoms with Crippen molar-refractivity contribution in [3.63, 3.8) is 0 Å². The van der Waals surface area contributed by atoms with E-state index in [-0.39, 0.29) is 0 Å². The SMILES string of the molecule is CC(C)CC(N)Cc1cc(Br)cs1. The summed E-state index contributed by atoms with van der Waals surface area (Å²) in [4.78, 5) is 1.38. The van der Waals surface area contributed by atoms with Gasteiger partial charge in [-0.2, -0.15) is 0 Å². The van der Waals surface area contributed by atoms with Crippen molar-refractivity contribution in [2.24, 2.45) is 11.7 Å². The maximum atomic E-state index is 6.01. The van der Waals surface area contributed by atoms with Crippen LogP contribution in [-0.2, 0) is 6.42 Å². The molecule has 74 valence electrons. The predicted molar refractivity (Wildman–Crippen MR) is 63.2 cm³/mol. The molecule has 13 heavy (non-hydrogen) atoms. The van der Waals surface area contributed by atoms with Crippen LogP contribution in [0.2, 0.25) is 0 Å². The first-order chi connectivity index (χ1) is 6.08. The van der Waals surface area contributed by atoms with Crippen LogP contribution in [0.5, 0.6) is 0 Å². The molecule has 0 fully saturated rings. The normalized spacial score (nSPS) is 13.6. The van der Waals surface area contributed by atoms with Crippen molar-refractivity contribution in [3.05, 3.63) is 20.8 Å². The minimum absolute atomic E-state index is 0.311. The lowest BCUT2D eigenvalue weighted by atomic mass is 10.0. The number of thiophene rings is 1. The zero-order valence-electron chi connectivity index (χ0n) is 8.09. The second kappa shape index (κ2) is 5.13. The number of halogens is 1. The van der Waals surface area contributed by atoms with Crippen LogP contribution in [0.15, 0.2) is 15.9 Å². The van der Waals surface area contributed by atoms with E-state index in [0.717, 1.165) is 12.8 Å². The quantitative estimate of drug-likeness (QED) is 0.883. The second-order valence-electron chi connectivity index (χ2n) is 3.82. The molecule has 0 aliphatic carbocycles. The fraction of sp³-hybridized carbons (Fsp3) is 0.600. The van der Waals surface area contributed by atoms with Crippen LogP contribution >= 0.6 is 27.3 Å². The molecule has 0 saturated carbocycles. The molecule has 1 rings (SSSR count). The average Bonchev–Trinajstić information content (AvgIpc) is 2.33. The molecule has 1 heterocycles. The van der Waals surface area contributed by atoms with Crippen LogP contribution in [0.1, 0.15) is 25.1 Å². The van der Waals surface area contributed by atoms with Crippen molar-refractivity contribution in [3.8, 4) is 0 Å². The lowest BCUT2D eigenvalue weighted by Gasteiger charge is -2.12. The average molecular weight is 262 g/mol. The van der Waals surface area contributed by atoms with Crippen molar-refractivity contribution in [1.29, 1.82) is 0 Å². The van der Waals surface area contributed by atoms with Crippen LogP contribution < -0.4 is 5.73 Å². The number of hydrogen-bond acceptors (Lipinski definition) is 2. The Balaban J connectivity index is 2.40. The predicted octanol–water partition coefficient (Wildman–Crippen LogP) is 3.43. The van der Waals surface area contributed by atoms with Gasteiger partial charge in [-0.05, 0) is 40.8 Å². The van der Waals surface area contributed by atoms with Gasteiger partial charge in [0.05, 0.1) is 0 Å². The van der Waals surface area contributed by atoms with Gasteiger partial charge in [0.25, 0.3) is 0 Å². The zero-order chi connectivity index (χ0) is 9.84. The maximum absolute atomic E-state index is 6.01. The molecule has 0 bridgehead atoms. The Kier molecular flexibility index (Phi) is 4.42. The molecule has 0 radical (unpaired) electrons. The molecule has 0 aliphatic heterocycles. The zero-order valence-corrected chi connectivity index (χ0v) is 10.5. The van der Waals surface area contributed by atoms with Gasteiger partial charge in [0, 0.05) is 20.8 Å². The van der Waals surface area contributed by atoms with Crippen LogP contribution in [0.4, 0.5) is 0 Å². The smallest absolute Gasteiger partial charge is 0.0285 e. The third-order valence-corrected chi connectivity index (χ3v) is 3.58. The Morgan fingerprint density at radius 2 is 2.23 bits per heavy atom. The molecule has 0 aromatic carbocycles. The van der Waals surface area contributed by atoms with Crippen LogP contribution in [0, 0.1) is 5.92 Å². The van der Waals surface area contributed by atoms with E-state index in [4.69, 9.17) is 5.73 Å². The molecule has 0 saturated heterocycles. The highest BCUT2D eigenvalue weighted by Gasteiger charge is 2.07.